The summed E-state index contributed by atoms with van der Waals surface area (Å²) in [7, 11) is 0. The van der Waals surface area contributed by atoms with Crippen LogP contribution in [0, 0.1) is 0 Å². The molecule has 1 atom stereocenters. The third-order valence-corrected chi connectivity index (χ3v) is 5.16. The number of aromatic nitrogens is 3. The summed E-state index contributed by atoms with van der Waals surface area (Å²) in [5, 5.41) is 13.5. The SMILES string of the molecule is CC(C)(C)c1cnc(NC(=O)NC2CCc3[nH]ncc3C2)s1. The number of carbonyl (C=O) groups is 1. The first-order valence-electron chi connectivity index (χ1n) is 7.47. The fraction of sp³-hybridized carbons (Fsp3) is 0.533. The van der Waals surface area contributed by atoms with Gasteiger partial charge in [-0.2, -0.15) is 5.10 Å². The number of hydrogen-bond donors (Lipinski definition) is 3. The van der Waals surface area contributed by atoms with E-state index in [1.807, 2.05) is 12.4 Å². The van der Waals surface area contributed by atoms with Crippen LogP contribution < -0.4 is 10.6 Å². The van der Waals surface area contributed by atoms with E-state index in [1.165, 1.54) is 22.6 Å². The van der Waals surface area contributed by atoms with Gasteiger partial charge in [-0.3, -0.25) is 10.4 Å². The first-order valence-corrected chi connectivity index (χ1v) is 8.28. The topological polar surface area (TPSA) is 82.7 Å². The van der Waals surface area contributed by atoms with Crippen LogP contribution in [-0.4, -0.2) is 27.3 Å². The van der Waals surface area contributed by atoms with E-state index in [2.05, 4.69) is 46.6 Å². The van der Waals surface area contributed by atoms with Gasteiger partial charge in [0.25, 0.3) is 0 Å². The van der Waals surface area contributed by atoms with E-state index in [1.54, 1.807) is 0 Å². The highest BCUT2D eigenvalue weighted by molar-refractivity contribution is 7.15. The molecule has 2 aromatic heterocycles. The number of rotatable bonds is 2. The predicted molar refractivity (Wildman–Crippen MR) is 87.4 cm³/mol. The van der Waals surface area contributed by atoms with E-state index in [4.69, 9.17) is 0 Å². The Morgan fingerprint density at radius 3 is 2.95 bits per heavy atom. The molecule has 22 heavy (non-hydrogen) atoms. The lowest BCUT2D eigenvalue weighted by atomic mass is 9.94. The summed E-state index contributed by atoms with van der Waals surface area (Å²) >= 11 is 1.52. The second-order valence-electron chi connectivity index (χ2n) is 6.69. The summed E-state index contributed by atoms with van der Waals surface area (Å²) in [6, 6.07) is -0.0427. The van der Waals surface area contributed by atoms with Crippen LogP contribution in [0.15, 0.2) is 12.4 Å². The molecule has 1 unspecified atom stereocenters. The molecule has 3 N–H and O–H groups in total. The van der Waals surface area contributed by atoms with Crippen molar-refractivity contribution in [2.24, 2.45) is 0 Å². The van der Waals surface area contributed by atoms with Crippen molar-refractivity contribution in [3.8, 4) is 0 Å². The van der Waals surface area contributed by atoms with Crippen molar-refractivity contribution in [2.45, 2.75) is 51.5 Å². The number of carbonyl (C=O) groups excluding carboxylic acids is 1. The van der Waals surface area contributed by atoms with Crippen LogP contribution in [0.25, 0.3) is 0 Å². The van der Waals surface area contributed by atoms with Crippen LogP contribution in [0.4, 0.5) is 9.93 Å². The van der Waals surface area contributed by atoms with Crippen LogP contribution in [0.1, 0.15) is 43.3 Å². The van der Waals surface area contributed by atoms with Gasteiger partial charge in [0.1, 0.15) is 0 Å². The molecule has 118 valence electrons. The Hall–Kier alpha value is -1.89. The number of hydrogen-bond acceptors (Lipinski definition) is 4. The van der Waals surface area contributed by atoms with Gasteiger partial charge < -0.3 is 5.32 Å². The zero-order valence-corrected chi connectivity index (χ0v) is 13.9. The molecule has 1 aliphatic rings. The van der Waals surface area contributed by atoms with Gasteiger partial charge in [-0.05, 0) is 30.2 Å². The van der Waals surface area contributed by atoms with Gasteiger partial charge >= 0.3 is 6.03 Å². The first kappa shape index (κ1) is 15.0. The van der Waals surface area contributed by atoms with E-state index in [9.17, 15) is 4.79 Å². The molecule has 7 heteroatoms. The van der Waals surface area contributed by atoms with Gasteiger partial charge in [0.05, 0.1) is 6.20 Å². The zero-order chi connectivity index (χ0) is 15.7. The average Bonchev–Trinajstić information content (AvgIpc) is 3.05. The van der Waals surface area contributed by atoms with E-state index >= 15 is 0 Å². The second kappa shape index (κ2) is 5.72. The molecule has 0 saturated heterocycles. The molecule has 0 aromatic carbocycles. The van der Waals surface area contributed by atoms with Crippen LogP contribution >= 0.6 is 11.3 Å². The summed E-state index contributed by atoms with van der Waals surface area (Å²) in [6.45, 7) is 6.40. The Kier molecular flexibility index (Phi) is 3.90. The average molecular weight is 319 g/mol. The van der Waals surface area contributed by atoms with Crippen molar-refractivity contribution in [1.82, 2.24) is 20.5 Å². The number of nitrogens with zero attached hydrogens (tertiary/aromatic N) is 2. The highest BCUT2D eigenvalue weighted by Gasteiger charge is 2.22. The standard InChI is InChI=1S/C15H21N5OS/c1-15(2,3)12-8-16-14(22-12)19-13(21)18-10-4-5-11-9(6-10)7-17-20-11/h7-8,10H,4-6H2,1-3H3,(H,17,20)(H2,16,18,19,21). The van der Waals surface area contributed by atoms with Crippen molar-refractivity contribution < 1.29 is 4.79 Å². The van der Waals surface area contributed by atoms with Gasteiger partial charge in [0.15, 0.2) is 5.13 Å². The minimum absolute atomic E-state index is 0.0507. The Bertz CT molecular complexity index is 670. The molecule has 3 rings (SSSR count). The number of H-pyrrole nitrogens is 1. The lowest BCUT2D eigenvalue weighted by Crippen LogP contribution is -2.41. The summed E-state index contributed by atoms with van der Waals surface area (Å²) in [6.07, 6.45) is 6.35. The molecule has 0 bridgehead atoms. The van der Waals surface area contributed by atoms with Crippen molar-refractivity contribution >= 4 is 22.5 Å². The van der Waals surface area contributed by atoms with Gasteiger partial charge in [-0.25, -0.2) is 9.78 Å². The Labute approximate surface area is 133 Å². The van der Waals surface area contributed by atoms with E-state index in [-0.39, 0.29) is 17.5 Å². The van der Waals surface area contributed by atoms with E-state index < -0.39 is 0 Å². The first-order chi connectivity index (χ1) is 10.4. The lowest BCUT2D eigenvalue weighted by Gasteiger charge is -2.22. The molecule has 0 fully saturated rings. The molecule has 2 heterocycles. The molecule has 6 nitrogen and oxygen atoms in total. The van der Waals surface area contributed by atoms with Crippen LogP contribution in [0.2, 0.25) is 0 Å². The maximum atomic E-state index is 12.1. The quantitative estimate of drug-likeness (QED) is 0.796. The minimum atomic E-state index is -0.188. The summed E-state index contributed by atoms with van der Waals surface area (Å²) in [5.41, 5.74) is 2.43. The van der Waals surface area contributed by atoms with Crippen molar-refractivity contribution in [2.75, 3.05) is 5.32 Å². The van der Waals surface area contributed by atoms with Gasteiger partial charge in [-0.1, -0.05) is 20.8 Å². The molecule has 0 saturated carbocycles. The van der Waals surface area contributed by atoms with Crippen molar-refractivity contribution in [3.05, 3.63) is 28.5 Å². The molecule has 2 aromatic rings. The van der Waals surface area contributed by atoms with Crippen LogP contribution in [0.5, 0.6) is 0 Å². The number of fused-ring (bicyclic) bond motifs is 1. The minimum Gasteiger partial charge on any atom is -0.335 e. The maximum Gasteiger partial charge on any atom is 0.321 e. The number of nitrogens with one attached hydrogen (secondary N) is 3. The summed E-state index contributed by atoms with van der Waals surface area (Å²) < 4.78 is 0. The third-order valence-electron chi connectivity index (χ3n) is 3.82. The Morgan fingerprint density at radius 1 is 1.41 bits per heavy atom. The highest BCUT2D eigenvalue weighted by Crippen LogP contribution is 2.30. The third kappa shape index (κ3) is 3.30. The molecule has 0 spiro atoms. The highest BCUT2D eigenvalue weighted by atomic mass is 32.1. The summed E-state index contributed by atoms with van der Waals surface area (Å²) in [4.78, 5) is 17.5. The van der Waals surface area contributed by atoms with Crippen molar-refractivity contribution in [3.63, 3.8) is 0 Å². The summed E-state index contributed by atoms with van der Waals surface area (Å²) in [5.74, 6) is 0. The number of anilines is 1. The van der Waals surface area contributed by atoms with Gasteiger partial charge in [0.2, 0.25) is 0 Å². The molecular formula is C15H21N5OS. The van der Waals surface area contributed by atoms with E-state index in [0.717, 1.165) is 24.1 Å². The Morgan fingerprint density at radius 2 is 2.23 bits per heavy atom. The number of aromatic amines is 1. The normalized spacial score (nSPS) is 17.9. The van der Waals surface area contributed by atoms with Crippen molar-refractivity contribution in [1.29, 1.82) is 0 Å². The predicted octanol–water partition coefficient (Wildman–Crippen LogP) is 2.84. The Balaban J connectivity index is 1.56. The van der Waals surface area contributed by atoms with E-state index in [0.29, 0.717) is 5.13 Å². The van der Waals surface area contributed by atoms with Gasteiger partial charge in [-0.15, -0.1) is 11.3 Å². The van der Waals surface area contributed by atoms with Crippen LogP contribution in [0.3, 0.4) is 0 Å². The second-order valence-corrected chi connectivity index (χ2v) is 7.72. The number of thiazole rings is 1. The maximum absolute atomic E-state index is 12.1. The smallest absolute Gasteiger partial charge is 0.321 e. The molecular weight excluding hydrogens is 298 g/mol. The molecule has 0 aliphatic heterocycles. The fourth-order valence-electron chi connectivity index (χ4n) is 2.54. The number of urea groups is 1. The zero-order valence-electron chi connectivity index (χ0n) is 13.1. The fourth-order valence-corrected chi connectivity index (χ4v) is 3.41. The van der Waals surface area contributed by atoms with Crippen LogP contribution in [-0.2, 0) is 18.3 Å². The monoisotopic (exact) mass is 319 g/mol. The number of aryl methyl sites for hydroxylation is 1. The molecule has 2 amide bonds. The largest absolute Gasteiger partial charge is 0.335 e. The number of amides is 2. The molecule has 1 aliphatic carbocycles. The lowest BCUT2D eigenvalue weighted by molar-refractivity contribution is 0.247. The molecule has 0 radical (unpaired) electrons. The van der Waals surface area contributed by atoms with Gasteiger partial charge in [0, 0.05) is 22.8 Å².